The summed E-state index contributed by atoms with van der Waals surface area (Å²) in [7, 11) is 0. The average Bonchev–Trinajstić information content (AvgIpc) is 3.15. The van der Waals surface area contributed by atoms with Gasteiger partial charge in [-0.3, -0.25) is 4.99 Å². The fourth-order valence-electron chi connectivity index (χ4n) is 3.09. The van der Waals surface area contributed by atoms with E-state index in [4.69, 9.17) is 9.73 Å². The second-order valence-electron chi connectivity index (χ2n) is 6.20. The molecule has 6 nitrogen and oxygen atoms in total. The third-order valence-corrected chi connectivity index (χ3v) is 4.42. The zero-order valence-electron chi connectivity index (χ0n) is 15.1. The number of nitrogens with zero attached hydrogens (tertiary/aromatic N) is 4. The van der Waals surface area contributed by atoms with Crippen LogP contribution in [0, 0.1) is 6.92 Å². The normalized spacial score (nSPS) is 18.4. The van der Waals surface area contributed by atoms with E-state index in [1.54, 1.807) is 6.20 Å². The molecule has 134 valence electrons. The van der Waals surface area contributed by atoms with Crippen LogP contribution in [0.5, 0.6) is 0 Å². The van der Waals surface area contributed by atoms with Crippen LogP contribution in [0.15, 0.2) is 48.0 Å². The number of hydrogen-bond acceptors (Lipinski definition) is 3. The lowest BCUT2D eigenvalue weighted by Gasteiger charge is -2.35. The van der Waals surface area contributed by atoms with E-state index in [1.807, 2.05) is 17.1 Å². The van der Waals surface area contributed by atoms with Gasteiger partial charge in [0.15, 0.2) is 5.96 Å². The third kappa shape index (κ3) is 4.60. The van der Waals surface area contributed by atoms with Gasteiger partial charge in [-0.2, -0.15) is 0 Å². The minimum absolute atomic E-state index is 0.0902. The Morgan fingerprint density at radius 3 is 3.04 bits per heavy atom. The highest BCUT2D eigenvalue weighted by Crippen LogP contribution is 2.24. The van der Waals surface area contributed by atoms with Crippen molar-refractivity contribution in [3.63, 3.8) is 0 Å². The number of morpholine rings is 1. The van der Waals surface area contributed by atoms with Gasteiger partial charge in [0.25, 0.3) is 0 Å². The van der Waals surface area contributed by atoms with Crippen molar-refractivity contribution < 1.29 is 4.74 Å². The van der Waals surface area contributed by atoms with Crippen LogP contribution in [0.3, 0.4) is 0 Å². The lowest BCUT2D eigenvalue weighted by Crippen LogP contribution is -2.48. The first-order valence-electron chi connectivity index (χ1n) is 8.94. The Kier molecular flexibility index (Phi) is 6.06. The quantitative estimate of drug-likeness (QED) is 0.669. The second-order valence-corrected chi connectivity index (χ2v) is 6.20. The lowest BCUT2D eigenvalue weighted by molar-refractivity contribution is -0.00833. The van der Waals surface area contributed by atoms with Crippen molar-refractivity contribution >= 4 is 5.96 Å². The highest BCUT2D eigenvalue weighted by Gasteiger charge is 2.25. The van der Waals surface area contributed by atoms with Crippen molar-refractivity contribution in [2.45, 2.75) is 26.5 Å². The van der Waals surface area contributed by atoms with Gasteiger partial charge in [-0.1, -0.05) is 24.3 Å². The Morgan fingerprint density at radius 2 is 2.28 bits per heavy atom. The van der Waals surface area contributed by atoms with E-state index >= 15 is 0 Å². The summed E-state index contributed by atoms with van der Waals surface area (Å²) in [5.41, 5.74) is 2.54. The van der Waals surface area contributed by atoms with Gasteiger partial charge >= 0.3 is 0 Å². The number of imidazole rings is 1. The van der Waals surface area contributed by atoms with Crippen LogP contribution in [0.25, 0.3) is 0 Å². The summed E-state index contributed by atoms with van der Waals surface area (Å²) in [6.07, 6.45) is 5.67. The summed E-state index contributed by atoms with van der Waals surface area (Å²) < 4.78 is 8.07. The first kappa shape index (κ1) is 17.5. The first-order chi connectivity index (χ1) is 12.3. The average molecular weight is 341 g/mol. The number of aliphatic imine (C=N–C) groups is 1. The second kappa shape index (κ2) is 8.67. The standard InChI is InChI=1S/C19H27N5O/c1-3-21-19(22-9-11-23-10-8-20-15-23)24-12-13-25-18(14-24)17-7-5-4-6-16(17)2/h4-8,10,15,18H,3,9,11-14H2,1-2H3,(H,21,22). The maximum atomic E-state index is 6.03. The molecule has 0 aliphatic carbocycles. The highest BCUT2D eigenvalue weighted by atomic mass is 16.5. The van der Waals surface area contributed by atoms with E-state index in [9.17, 15) is 0 Å². The van der Waals surface area contributed by atoms with E-state index in [2.05, 4.69) is 53.3 Å². The molecule has 1 aromatic heterocycles. The minimum atomic E-state index is 0.0902. The molecule has 1 atom stereocenters. The SMILES string of the molecule is CCNC(=NCCn1ccnc1)N1CCOC(c2ccccc2C)C1. The molecule has 1 saturated heterocycles. The Hall–Kier alpha value is -2.34. The molecule has 1 aliphatic heterocycles. The summed E-state index contributed by atoms with van der Waals surface area (Å²) in [6.45, 7) is 9.06. The zero-order valence-corrected chi connectivity index (χ0v) is 15.1. The maximum absolute atomic E-state index is 6.03. The van der Waals surface area contributed by atoms with Crippen molar-refractivity contribution in [1.29, 1.82) is 0 Å². The number of ether oxygens (including phenoxy) is 1. The highest BCUT2D eigenvalue weighted by molar-refractivity contribution is 5.80. The maximum Gasteiger partial charge on any atom is 0.194 e. The van der Waals surface area contributed by atoms with Crippen LogP contribution in [0.4, 0.5) is 0 Å². The molecule has 1 unspecified atom stereocenters. The van der Waals surface area contributed by atoms with E-state index in [1.165, 1.54) is 11.1 Å². The topological polar surface area (TPSA) is 54.7 Å². The van der Waals surface area contributed by atoms with Crippen LogP contribution in [-0.4, -0.2) is 53.2 Å². The molecule has 1 aromatic carbocycles. The van der Waals surface area contributed by atoms with Crippen molar-refractivity contribution in [2.24, 2.45) is 4.99 Å². The van der Waals surface area contributed by atoms with E-state index < -0.39 is 0 Å². The Bertz CT molecular complexity index is 683. The Labute approximate surface area is 149 Å². The summed E-state index contributed by atoms with van der Waals surface area (Å²) >= 11 is 0. The van der Waals surface area contributed by atoms with E-state index in [0.29, 0.717) is 6.61 Å². The Balaban J connectivity index is 1.67. The van der Waals surface area contributed by atoms with Crippen LogP contribution in [-0.2, 0) is 11.3 Å². The summed E-state index contributed by atoms with van der Waals surface area (Å²) in [5, 5.41) is 3.41. The van der Waals surface area contributed by atoms with Crippen LogP contribution >= 0.6 is 0 Å². The van der Waals surface area contributed by atoms with Gasteiger partial charge in [0.05, 0.1) is 26.0 Å². The van der Waals surface area contributed by atoms with Gasteiger partial charge < -0.3 is 19.5 Å². The summed E-state index contributed by atoms with van der Waals surface area (Å²) in [5.74, 6) is 0.962. The molecule has 0 amide bonds. The van der Waals surface area contributed by atoms with Gasteiger partial charge in [-0.15, -0.1) is 0 Å². The largest absolute Gasteiger partial charge is 0.370 e. The predicted octanol–water partition coefficient (Wildman–Crippen LogP) is 2.23. The lowest BCUT2D eigenvalue weighted by atomic mass is 10.0. The fraction of sp³-hybridized carbons (Fsp3) is 0.474. The molecule has 2 aromatic rings. The van der Waals surface area contributed by atoms with Crippen molar-refractivity contribution in [1.82, 2.24) is 19.8 Å². The number of aromatic nitrogens is 2. The van der Waals surface area contributed by atoms with Crippen LogP contribution in [0.1, 0.15) is 24.2 Å². The molecule has 3 rings (SSSR count). The number of nitrogens with one attached hydrogen (secondary N) is 1. The van der Waals surface area contributed by atoms with E-state index in [-0.39, 0.29) is 6.10 Å². The molecular weight excluding hydrogens is 314 g/mol. The third-order valence-electron chi connectivity index (χ3n) is 4.42. The van der Waals surface area contributed by atoms with Crippen molar-refractivity contribution in [2.75, 3.05) is 32.8 Å². The molecule has 1 N–H and O–H groups in total. The number of rotatable bonds is 5. The predicted molar refractivity (Wildman–Crippen MR) is 99.7 cm³/mol. The van der Waals surface area contributed by atoms with Gasteiger partial charge in [-0.05, 0) is 25.0 Å². The monoisotopic (exact) mass is 341 g/mol. The summed E-state index contributed by atoms with van der Waals surface area (Å²) in [6, 6.07) is 8.45. The number of benzene rings is 1. The molecule has 6 heteroatoms. The number of hydrogen-bond donors (Lipinski definition) is 1. The van der Waals surface area contributed by atoms with Gasteiger partial charge in [-0.25, -0.2) is 4.98 Å². The van der Waals surface area contributed by atoms with Gasteiger partial charge in [0, 0.05) is 32.0 Å². The first-order valence-corrected chi connectivity index (χ1v) is 8.94. The molecule has 1 aliphatic rings. The molecule has 0 bridgehead atoms. The number of aryl methyl sites for hydroxylation is 1. The molecular formula is C19H27N5O. The number of guanidine groups is 1. The van der Waals surface area contributed by atoms with Crippen molar-refractivity contribution in [3.8, 4) is 0 Å². The van der Waals surface area contributed by atoms with Crippen LogP contribution < -0.4 is 5.32 Å². The summed E-state index contributed by atoms with van der Waals surface area (Å²) in [4.78, 5) is 11.2. The molecule has 0 saturated carbocycles. The molecule has 0 spiro atoms. The molecule has 25 heavy (non-hydrogen) atoms. The molecule has 0 radical (unpaired) electrons. The Morgan fingerprint density at radius 1 is 1.40 bits per heavy atom. The van der Waals surface area contributed by atoms with Gasteiger partial charge in [0.2, 0.25) is 0 Å². The smallest absolute Gasteiger partial charge is 0.194 e. The molecule has 1 fully saturated rings. The van der Waals surface area contributed by atoms with Crippen LogP contribution in [0.2, 0.25) is 0 Å². The van der Waals surface area contributed by atoms with E-state index in [0.717, 1.165) is 38.7 Å². The fourth-order valence-corrected chi connectivity index (χ4v) is 3.09. The van der Waals surface area contributed by atoms with Crippen molar-refractivity contribution in [3.05, 3.63) is 54.1 Å². The van der Waals surface area contributed by atoms with Gasteiger partial charge in [0.1, 0.15) is 6.10 Å². The minimum Gasteiger partial charge on any atom is -0.370 e. The zero-order chi connectivity index (χ0) is 17.5. The molecule has 2 heterocycles.